The third kappa shape index (κ3) is 9.35. The van der Waals surface area contributed by atoms with Gasteiger partial charge in [0.2, 0.25) is 0 Å². The number of fused-ring (bicyclic) bond motifs is 8. The van der Waals surface area contributed by atoms with Crippen molar-refractivity contribution < 1.29 is 4.42 Å². The zero-order chi connectivity index (χ0) is 43.7. The fraction of sp³-hybridized carbons (Fsp3) is 0.220. The zero-order valence-corrected chi connectivity index (χ0v) is 38.2. The van der Waals surface area contributed by atoms with Crippen LogP contribution in [0.15, 0.2) is 180 Å². The van der Waals surface area contributed by atoms with Gasteiger partial charge < -0.3 is 9.32 Å². The fourth-order valence-corrected chi connectivity index (χ4v) is 8.19. The number of hydrogen-bond donors (Lipinski definition) is 0. The van der Waals surface area contributed by atoms with E-state index in [0.717, 1.165) is 33.3 Å². The Morgan fingerprint density at radius 2 is 0.967 bits per heavy atom. The minimum atomic E-state index is -0.109. The van der Waals surface area contributed by atoms with Gasteiger partial charge in [-0.3, -0.25) is 0 Å². The topological polar surface area (TPSA) is 16.4 Å². The molecule has 0 saturated heterocycles. The van der Waals surface area contributed by atoms with Crippen molar-refractivity contribution in [3.63, 3.8) is 0 Å². The Bertz CT molecular complexity index is 2790. The van der Waals surface area contributed by atoms with Gasteiger partial charge in [0.05, 0.1) is 5.69 Å². The van der Waals surface area contributed by atoms with Gasteiger partial charge in [-0.05, 0) is 102 Å². The number of rotatable bonds is 4. The van der Waals surface area contributed by atoms with Gasteiger partial charge in [-0.15, -0.1) is 0 Å². The maximum atomic E-state index is 6.18. The molecule has 310 valence electrons. The molecule has 0 saturated carbocycles. The molecule has 1 heterocycles. The molecule has 0 atom stereocenters. The van der Waals surface area contributed by atoms with Crippen LogP contribution in [-0.4, -0.2) is 0 Å². The van der Waals surface area contributed by atoms with E-state index in [2.05, 4.69) is 211 Å². The van der Waals surface area contributed by atoms with E-state index in [-0.39, 0.29) is 5.41 Å². The van der Waals surface area contributed by atoms with Crippen LogP contribution in [-0.2, 0) is 5.41 Å². The fourth-order valence-electron chi connectivity index (χ4n) is 8.19. The van der Waals surface area contributed by atoms with Gasteiger partial charge in [0, 0.05) is 32.9 Å². The van der Waals surface area contributed by atoms with E-state index in [0.29, 0.717) is 5.92 Å². The molecule has 0 amide bonds. The number of anilines is 3. The second-order valence-corrected chi connectivity index (χ2v) is 16.2. The average molecular weight is 802 g/mol. The van der Waals surface area contributed by atoms with E-state index in [4.69, 9.17) is 4.42 Å². The maximum Gasteiger partial charge on any atom is 0.135 e. The molecule has 0 fully saturated rings. The largest absolute Gasteiger partial charge is 0.456 e. The Balaban J connectivity index is 0.000000245. The van der Waals surface area contributed by atoms with Crippen molar-refractivity contribution in [1.82, 2.24) is 0 Å². The Labute approximate surface area is 365 Å². The number of nitrogens with zero attached hydrogens (tertiary/aromatic N) is 1. The lowest BCUT2D eigenvalue weighted by molar-refractivity contribution is 0.660. The highest BCUT2D eigenvalue weighted by atomic mass is 16.3. The molecule has 8 aromatic carbocycles. The minimum Gasteiger partial charge on any atom is -0.456 e. The van der Waals surface area contributed by atoms with Crippen molar-refractivity contribution in [2.75, 3.05) is 4.90 Å². The summed E-state index contributed by atoms with van der Waals surface area (Å²) in [5, 5.41) is 4.80. The van der Waals surface area contributed by atoms with Crippen LogP contribution in [0.3, 0.4) is 0 Å². The third-order valence-corrected chi connectivity index (χ3v) is 11.4. The SMILES string of the molecule is CC.CC.CC(C)c1ccccc1.Cc1ccc(C)cc1.Cc1ccc2c(c1)C(C)(C)c1cc(N(c3ccccc3)c3ccc4oc5ccccc5c4c3)c3ccccc3c1-2. The standard InChI is InChI=1S/C38H29NO.C9H12.C8H10.2C2H6/c1-24-17-19-30-32(21-24)38(2,3)33-23-34(27-13-7-8-15-29(27)37(30)33)39(25-11-5-4-6-12-25)26-18-20-36-31(22-26)28-14-9-10-16-35(28)40-36;1-8(2)9-6-4-3-5-7-9;1-7-3-5-8(2)6-4-7;2*1-2/h4-23H,1-3H3;3-8H,1-2H3;3-6H,1-2H3;2*1-2H3. The highest BCUT2D eigenvalue weighted by Crippen LogP contribution is 2.54. The summed E-state index contributed by atoms with van der Waals surface area (Å²) >= 11 is 0. The molecule has 0 bridgehead atoms. The molecule has 1 aliphatic rings. The second kappa shape index (κ2) is 19.8. The zero-order valence-electron chi connectivity index (χ0n) is 38.2. The van der Waals surface area contributed by atoms with Crippen LogP contribution >= 0.6 is 0 Å². The lowest BCUT2D eigenvalue weighted by Gasteiger charge is -2.30. The molecule has 9 aromatic rings. The minimum absolute atomic E-state index is 0.109. The van der Waals surface area contributed by atoms with Gasteiger partial charge in [0.1, 0.15) is 11.2 Å². The van der Waals surface area contributed by atoms with Crippen molar-refractivity contribution in [3.05, 3.63) is 209 Å². The molecule has 0 radical (unpaired) electrons. The molecule has 1 aliphatic carbocycles. The van der Waals surface area contributed by atoms with Crippen molar-refractivity contribution in [1.29, 1.82) is 0 Å². The normalized spacial score (nSPS) is 11.8. The number of benzene rings is 8. The lowest BCUT2D eigenvalue weighted by atomic mass is 9.81. The second-order valence-electron chi connectivity index (χ2n) is 16.2. The van der Waals surface area contributed by atoms with Crippen LogP contribution in [0.5, 0.6) is 0 Å². The van der Waals surface area contributed by atoms with Crippen molar-refractivity contribution >= 4 is 49.8 Å². The van der Waals surface area contributed by atoms with Gasteiger partial charge in [-0.1, -0.05) is 206 Å². The van der Waals surface area contributed by atoms with Crippen LogP contribution in [0.25, 0.3) is 43.8 Å². The van der Waals surface area contributed by atoms with Crippen LogP contribution in [0.2, 0.25) is 0 Å². The van der Waals surface area contributed by atoms with Gasteiger partial charge in [0.25, 0.3) is 0 Å². The molecule has 61 heavy (non-hydrogen) atoms. The summed E-state index contributed by atoms with van der Waals surface area (Å²) in [6.07, 6.45) is 0. The van der Waals surface area contributed by atoms with Gasteiger partial charge >= 0.3 is 0 Å². The van der Waals surface area contributed by atoms with Gasteiger partial charge in [0.15, 0.2) is 0 Å². The summed E-state index contributed by atoms with van der Waals surface area (Å²) in [5.41, 5.74) is 16.0. The van der Waals surface area contributed by atoms with E-state index in [1.54, 1.807) is 0 Å². The van der Waals surface area contributed by atoms with Crippen molar-refractivity contribution in [3.8, 4) is 11.1 Å². The number of hydrogen-bond acceptors (Lipinski definition) is 2. The first-order valence-electron chi connectivity index (χ1n) is 22.1. The summed E-state index contributed by atoms with van der Waals surface area (Å²) in [4.78, 5) is 2.41. The first kappa shape index (κ1) is 44.2. The Kier molecular flexibility index (Phi) is 14.3. The summed E-state index contributed by atoms with van der Waals surface area (Å²) in [5.74, 6) is 0.659. The Morgan fingerprint density at radius 1 is 0.443 bits per heavy atom. The molecule has 0 spiro atoms. The molecule has 1 aromatic heterocycles. The summed E-state index contributed by atoms with van der Waals surface area (Å²) in [6.45, 7) is 23.5. The highest BCUT2D eigenvalue weighted by molar-refractivity contribution is 6.11. The highest BCUT2D eigenvalue weighted by Gasteiger charge is 2.38. The molecule has 2 heteroatoms. The number of aryl methyl sites for hydroxylation is 3. The Morgan fingerprint density at radius 3 is 1.57 bits per heavy atom. The monoisotopic (exact) mass is 801 g/mol. The lowest BCUT2D eigenvalue weighted by Crippen LogP contribution is -2.17. The average Bonchev–Trinajstić information content (AvgIpc) is 3.78. The van der Waals surface area contributed by atoms with Crippen molar-refractivity contribution in [2.24, 2.45) is 0 Å². The van der Waals surface area contributed by atoms with E-state index in [9.17, 15) is 0 Å². The first-order valence-corrected chi connectivity index (χ1v) is 22.1. The first-order chi connectivity index (χ1) is 29.6. The van der Waals surface area contributed by atoms with E-state index in [1.807, 2.05) is 45.9 Å². The van der Waals surface area contributed by atoms with Crippen LogP contribution < -0.4 is 4.90 Å². The Hall–Kier alpha value is -6.38. The molecular formula is C59H63NO. The summed E-state index contributed by atoms with van der Waals surface area (Å²) in [7, 11) is 0. The van der Waals surface area contributed by atoms with Gasteiger partial charge in [-0.2, -0.15) is 0 Å². The molecule has 10 rings (SSSR count). The summed E-state index contributed by atoms with van der Waals surface area (Å²) < 4.78 is 6.18. The predicted octanol–water partition coefficient (Wildman–Crippen LogP) is 18.0. The van der Waals surface area contributed by atoms with Crippen LogP contribution in [0.1, 0.15) is 94.7 Å². The summed E-state index contributed by atoms with van der Waals surface area (Å²) in [6, 6.07) is 62.8. The van der Waals surface area contributed by atoms with Crippen LogP contribution in [0.4, 0.5) is 17.1 Å². The molecule has 0 unspecified atom stereocenters. The van der Waals surface area contributed by atoms with Gasteiger partial charge in [-0.25, -0.2) is 0 Å². The van der Waals surface area contributed by atoms with Crippen molar-refractivity contribution in [2.45, 2.75) is 87.5 Å². The number of para-hydroxylation sites is 2. The molecule has 2 nitrogen and oxygen atoms in total. The molecule has 0 N–H and O–H groups in total. The predicted molar refractivity (Wildman–Crippen MR) is 267 cm³/mol. The number of furan rings is 1. The van der Waals surface area contributed by atoms with E-state index in [1.165, 1.54) is 61.0 Å². The van der Waals surface area contributed by atoms with Crippen LogP contribution in [0, 0.1) is 20.8 Å². The van der Waals surface area contributed by atoms with E-state index >= 15 is 0 Å². The molecule has 0 aliphatic heterocycles. The molecular weight excluding hydrogens is 739 g/mol. The smallest absolute Gasteiger partial charge is 0.135 e. The third-order valence-electron chi connectivity index (χ3n) is 11.4. The maximum absolute atomic E-state index is 6.18. The van der Waals surface area contributed by atoms with E-state index < -0.39 is 0 Å². The quantitative estimate of drug-likeness (QED) is 0.176.